The van der Waals surface area contributed by atoms with Gasteiger partial charge in [-0.2, -0.15) is 0 Å². The van der Waals surface area contributed by atoms with Gasteiger partial charge in [-0.15, -0.1) is 0 Å². The summed E-state index contributed by atoms with van der Waals surface area (Å²) in [5, 5.41) is 2.89. The molecule has 6 heteroatoms. The van der Waals surface area contributed by atoms with Crippen molar-refractivity contribution in [1.29, 1.82) is 0 Å². The molecule has 0 atom stereocenters. The van der Waals surface area contributed by atoms with E-state index >= 15 is 0 Å². The maximum Gasteiger partial charge on any atom is 0.201 e. The molecule has 0 unspecified atom stereocenters. The van der Waals surface area contributed by atoms with Gasteiger partial charge in [-0.1, -0.05) is 0 Å². The van der Waals surface area contributed by atoms with Gasteiger partial charge in [0, 0.05) is 25.2 Å². The minimum Gasteiger partial charge on any atom is -0.355 e. The quantitative estimate of drug-likeness (QED) is 0.716. The third-order valence-corrected chi connectivity index (χ3v) is 1.96. The number of aromatic nitrogens is 2. The number of rotatable bonds is 3. The second-order valence-corrected chi connectivity index (χ2v) is 3.08. The Morgan fingerprint density at radius 2 is 2.07 bits per heavy atom. The second-order valence-electron chi connectivity index (χ2n) is 3.08. The van der Waals surface area contributed by atoms with Crippen molar-refractivity contribution in [1.82, 2.24) is 9.97 Å². The van der Waals surface area contributed by atoms with Crippen molar-refractivity contribution in [3.05, 3.63) is 23.8 Å². The number of nitrogens with one attached hydrogen (secondary N) is 2. The SMILES string of the molecule is NCCNc1nc2cc(F)c(F)cc2[nH]1. The normalized spacial score (nSPS) is 10.9. The average Bonchev–Trinajstić information content (AvgIpc) is 2.58. The van der Waals surface area contributed by atoms with Crippen LogP contribution in [0.1, 0.15) is 0 Å². The highest BCUT2D eigenvalue weighted by molar-refractivity contribution is 5.77. The fraction of sp³-hybridized carbons (Fsp3) is 0.222. The molecule has 0 aliphatic rings. The largest absolute Gasteiger partial charge is 0.355 e. The summed E-state index contributed by atoms with van der Waals surface area (Å²) in [6.45, 7) is 1.00. The lowest BCUT2D eigenvalue weighted by Gasteiger charge is -1.96. The van der Waals surface area contributed by atoms with Gasteiger partial charge in [0.15, 0.2) is 11.6 Å². The van der Waals surface area contributed by atoms with E-state index in [4.69, 9.17) is 5.73 Å². The highest BCUT2D eigenvalue weighted by Gasteiger charge is 2.07. The van der Waals surface area contributed by atoms with Crippen molar-refractivity contribution in [2.24, 2.45) is 5.73 Å². The van der Waals surface area contributed by atoms with E-state index in [0.29, 0.717) is 30.1 Å². The Balaban J connectivity index is 2.38. The number of fused-ring (bicyclic) bond motifs is 1. The van der Waals surface area contributed by atoms with Crippen LogP contribution < -0.4 is 11.1 Å². The molecule has 1 aromatic carbocycles. The molecule has 0 amide bonds. The smallest absolute Gasteiger partial charge is 0.201 e. The Hall–Kier alpha value is -1.69. The minimum atomic E-state index is -0.903. The van der Waals surface area contributed by atoms with Crippen LogP contribution in [0.2, 0.25) is 0 Å². The number of hydrogen-bond acceptors (Lipinski definition) is 3. The minimum absolute atomic E-state index is 0.383. The number of halogens is 2. The Morgan fingerprint density at radius 1 is 1.33 bits per heavy atom. The van der Waals surface area contributed by atoms with Crippen molar-refractivity contribution in [3.63, 3.8) is 0 Å². The standard InChI is InChI=1S/C9H10F2N4/c10-5-3-7-8(4-6(5)11)15-9(14-7)13-2-1-12/h3-4H,1-2,12H2,(H2,13,14,15). The molecule has 1 heterocycles. The first-order chi connectivity index (χ1) is 7.20. The zero-order chi connectivity index (χ0) is 10.8. The van der Waals surface area contributed by atoms with E-state index in [1.165, 1.54) is 0 Å². The first-order valence-corrected chi connectivity index (χ1v) is 4.49. The van der Waals surface area contributed by atoms with E-state index in [1.54, 1.807) is 0 Å². The van der Waals surface area contributed by atoms with Crippen LogP contribution in [0.5, 0.6) is 0 Å². The molecule has 4 nitrogen and oxygen atoms in total. The van der Waals surface area contributed by atoms with Crippen LogP contribution in [0, 0.1) is 11.6 Å². The first kappa shape index (κ1) is 9.85. The maximum absolute atomic E-state index is 12.8. The van der Waals surface area contributed by atoms with Gasteiger partial charge in [-0.05, 0) is 0 Å². The van der Waals surface area contributed by atoms with Crippen molar-refractivity contribution >= 4 is 17.0 Å². The second kappa shape index (κ2) is 3.82. The summed E-state index contributed by atoms with van der Waals surface area (Å²) >= 11 is 0. The van der Waals surface area contributed by atoms with Gasteiger partial charge in [-0.25, -0.2) is 13.8 Å². The molecule has 4 N–H and O–H groups in total. The molecule has 0 bridgehead atoms. The molecule has 0 aliphatic carbocycles. The molecule has 0 saturated carbocycles. The van der Waals surface area contributed by atoms with Crippen LogP contribution in [0.25, 0.3) is 11.0 Å². The van der Waals surface area contributed by atoms with Gasteiger partial charge in [0.05, 0.1) is 11.0 Å². The summed E-state index contributed by atoms with van der Waals surface area (Å²) < 4.78 is 25.7. The van der Waals surface area contributed by atoms with Crippen molar-refractivity contribution in [2.45, 2.75) is 0 Å². The first-order valence-electron chi connectivity index (χ1n) is 4.49. The topological polar surface area (TPSA) is 66.7 Å². The van der Waals surface area contributed by atoms with Crippen molar-refractivity contribution in [3.8, 4) is 0 Å². The number of nitrogens with zero attached hydrogens (tertiary/aromatic N) is 1. The number of nitrogens with two attached hydrogens (primary N) is 1. The average molecular weight is 212 g/mol. The van der Waals surface area contributed by atoms with Crippen LogP contribution >= 0.6 is 0 Å². The Bertz CT molecular complexity index is 441. The summed E-state index contributed by atoms with van der Waals surface area (Å²) in [7, 11) is 0. The Morgan fingerprint density at radius 3 is 2.80 bits per heavy atom. The van der Waals surface area contributed by atoms with Crippen LogP contribution in [0.3, 0.4) is 0 Å². The molecular formula is C9H10F2N4. The van der Waals surface area contributed by atoms with Crippen LogP contribution in [-0.4, -0.2) is 23.1 Å². The molecule has 0 radical (unpaired) electrons. The lowest BCUT2D eigenvalue weighted by molar-refractivity contribution is 0.510. The third kappa shape index (κ3) is 1.89. The molecule has 2 aromatic rings. The highest BCUT2D eigenvalue weighted by Crippen LogP contribution is 2.17. The highest BCUT2D eigenvalue weighted by atomic mass is 19.2. The molecule has 80 valence electrons. The molecular weight excluding hydrogens is 202 g/mol. The van der Waals surface area contributed by atoms with Gasteiger partial charge in [0.2, 0.25) is 5.95 Å². The fourth-order valence-corrected chi connectivity index (χ4v) is 1.28. The van der Waals surface area contributed by atoms with Crippen LogP contribution in [0.4, 0.5) is 14.7 Å². The molecule has 2 rings (SSSR count). The number of anilines is 1. The van der Waals surface area contributed by atoms with Gasteiger partial charge in [0.25, 0.3) is 0 Å². The van der Waals surface area contributed by atoms with Crippen molar-refractivity contribution in [2.75, 3.05) is 18.4 Å². The number of H-pyrrole nitrogens is 1. The fourth-order valence-electron chi connectivity index (χ4n) is 1.28. The summed E-state index contributed by atoms with van der Waals surface area (Å²) in [5.41, 5.74) is 6.13. The lowest BCUT2D eigenvalue weighted by atomic mass is 10.3. The molecule has 1 aromatic heterocycles. The van der Waals surface area contributed by atoms with Gasteiger partial charge < -0.3 is 16.0 Å². The summed E-state index contributed by atoms with van der Waals surface area (Å²) in [5.74, 6) is -1.34. The molecule has 0 spiro atoms. The zero-order valence-corrected chi connectivity index (χ0v) is 7.85. The van der Waals surface area contributed by atoms with E-state index < -0.39 is 11.6 Å². The van der Waals surface area contributed by atoms with Crippen LogP contribution in [0.15, 0.2) is 12.1 Å². The van der Waals surface area contributed by atoms with Crippen molar-refractivity contribution < 1.29 is 8.78 Å². The predicted octanol–water partition coefficient (Wildman–Crippen LogP) is 1.21. The van der Waals surface area contributed by atoms with E-state index in [2.05, 4.69) is 15.3 Å². The molecule has 0 aliphatic heterocycles. The lowest BCUT2D eigenvalue weighted by Crippen LogP contribution is -2.13. The predicted molar refractivity (Wildman–Crippen MR) is 53.6 cm³/mol. The number of benzene rings is 1. The number of hydrogen-bond donors (Lipinski definition) is 3. The molecule has 15 heavy (non-hydrogen) atoms. The van der Waals surface area contributed by atoms with E-state index in [-0.39, 0.29) is 0 Å². The van der Waals surface area contributed by atoms with Gasteiger partial charge in [-0.3, -0.25) is 0 Å². The maximum atomic E-state index is 12.8. The van der Waals surface area contributed by atoms with E-state index in [0.717, 1.165) is 12.1 Å². The zero-order valence-electron chi connectivity index (χ0n) is 7.85. The van der Waals surface area contributed by atoms with Gasteiger partial charge in [0.1, 0.15) is 0 Å². The molecule has 0 fully saturated rings. The number of imidazole rings is 1. The van der Waals surface area contributed by atoms with E-state index in [9.17, 15) is 8.78 Å². The Labute approximate surface area is 84.5 Å². The monoisotopic (exact) mass is 212 g/mol. The third-order valence-electron chi connectivity index (χ3n) is 1.96. The Kier molecular flexibility index (Phi) is 2.51. The molecule has 0 saturated heterocycles. The summed E-state index contributed by atoms with van der Waals surface area (Å²) in [6.07, 6.45) is 0. The summed E-state index contributed by atoms with van der Waals surface area (Å²) in [4.78, 5) is 6.84. The van der Waals surface area contributed by atoms with Crippen LogP contribution in [-0.2, 0) is 0 Å². The number of aromatic amines is 1. The van der Waals surface area contributed by atoms with Gasteiger partial charge >= 0.3 is 0 Å². The summed E-state index contributed by atoms with van der Waals surface area (Å²) in [6, 6.07) is 2.13. The van der Waals surface area contributed by atoms with E-state index in [1.807, 2.05) is 0 Å².